The molecule has 0 radical (unpaired) electrons. The minimum atomic E-state index is -0.316. The van der Waals surface area contributed by atoms with Gasteiger partial charge in [0.2, 0.25) is 0 Å². The number of hydrogen-bond acceptors (Lipinski definition) is 4. The summed E-state index contributed by atoms with van der Waals surface area (Å²) in [5.41, 5.74) is 0. The molecule has 2 atom stereocenters. The van der Waals surface area contributed by atoms with Crippen LogP contribution in [0.3, 0.4) is 0 Å². The summed E-state index contributed by atoms with van der Waals surface area (Å²) in [4.78, 5) is 13.1. The van der Waals surface area contributed by atoms with Crippen LogP contribution in [0, 0.1) is 0 Å². The smallest absolute Gasteiger partial charge is 0.331 e. The van der Waals surface area contributed by atoms with Crippen LogP contribution in [-0.4, -0.2) is 43.3 Å². The molecule has 0 aliphatic carbocycles. The predicted octanol–water partition coefficient (Wildman–Crippen LogP) is 1.17. The summed E-state index contributed by atoms with van der Waals surface area (Å²) in [7, 11) is 1.38. The topological polar surface area (TPSA) is 38.8 Å². The molecule has 2 unspecified atom stereocenters. The lowest BCUT2D eigenvalue weighted by Gasteiger charge is -2.37. The number of morpholine rings is 1. The largest absolute Gasteiger partial charge is 0.466 e. The average molecular weight is 213 g/mol. The van der Waals surface area contributed by atoms with E-state index in [0.29, 0.717) is 6.04 Å². The van der Waals surface area contributed by atoms with E-state index in [4.69, 9.17) is 4.74 Å². The predicted molar refractivity (Wildman–Crippen MR) is 57.4 cm³/mol. The first-order valence-corrected chi connectivity index (χ1v) is 5.30. The lowest BCUT2D eigenvalue weighted by Crippen LogP contribution is -2.45. The second kappa shape index (κ2) is 5.75. The molecule has 0 spiro atoms. The van der Waals surface area contributed by atoms with Crippen LogP contribution in [0.25, 0.3) is 0 Å². The highest BCUT2D eigenvalue weighted by molar-refractivity contribution is 5.81. The summed E-state index contributed by atoms with van der Waals surface area (Å²) in [6.07, 6.45) is 4.49. The van der Waals surface area contributed by atoms with E-state index in [1.165, 1.54) is 13.2 Å². The molecule has 1 aliphatic heterocycles. The Balaban J connectivity index is 2.55. The number of hydrogen-bond donors (Lipinski definition) is 0. The molecule has 0 N–H and O–H groups in total. The molecule has 1 fully saturated rings. The van der Waals surface area contributed by atoms with Crippen LogP contribution < -0.4 is 0 Å². The molecule has 1 aliphatic rings. The lowest BCUT2D eigenvalue weighted by molar-refractivity contribution is -0.135. The van der Waals surface area contributed by atoms with Crippen molar-refractivity contribution in [2.75, 3.05) is 20.3 Å². The zero-order valence-corrected chi connectivity index (χ0v) is 9.60. The minimum Gasteiger partial charge on any atom is -0.466 e. The number of nitrogens with zero attached hydrogens (tertiary/aromatic N) is 1. The Hall–Kier alpha value is -1.03. The fourth-order valence-electron chi connectivity index (χ4n) is 1.63. The van der Waals surface area contributed by atoms with Gasteiger partial charge in [0.1, 0.15) is 0 Å². The first-order valence-electron chi connectivity index (χ1n) is 5.30. The Morgan fingerprint density at radius 3 is 3.00 bits per heavy atom. The van der Waals surface area contributed by atoms with Gasteiger partial charge < -0.3 is 14.4 Å². The molecule has 86 valence electrons. The molecule has 0 aromatic rings. The Morgan fingerprint density at radius 2 is 2.40 bits per heavy atom. The van der Waals surface area contributed by atoms with E-state index in [1.54, 1.807) is 6.20 Å². The number of rotatable bonds is 3. The van der Waals surface area contributed by atoms with Crippen molar-refractivity contribution < 1.29 is 14.3 Å². The normalized spacial score (nSPS) is 27.0. The maximum absolute atomic E-state index is 11.0. The molecule has 1 rings (SSSR count). The quantitative estimate of drug-likeness (QED) is 0.521. The zero-order valence-electron chi connectivity index (χ0n) is 9.60. The van der Waals surface area contributed by atoms with Crippen LogP contribution in [0.4, 0.5) is 0 Å². The highest BCUT2D eigenvalue weighted by Gasteiger charge is 2.22. The number of ether oxygens (including phenoxy) is 2. The SMILES string of the molecule is CCC1COC(C)CN1C=CC(=O)OC. The lowest BCUT2D eigenvalue weighted by atomic mass is 10.1. The highest BCUT2D eigenvalue weighted by atomic mass is 16.5. The van der Waals surface area contributed by atoms with Gasteiger partial charge in [-0.2, -0.15) is 0 Å². The third-order valence-electron chi connectivity index (χ3n) is 2.58. The van der Waals surface area contributed by atoms with Gasteiger partial charge in [-0.25, -0.2) is 4.79 Å². The highest BCUT2D eigenvalue weighted by Crippen LogP contribution is 2.14. The van der Waals surface area contributed by atoms with Gasteiger partial charge in [0.25, 0.3) is 0 Å². The summed E-state index contributed by atoms with van der Waals surface area (Å²) < 4.78 is 10.1. The molecule has 4 heteroatoms. The van der Waals surface area contributed by atoms with Crippen LogP contribution in [-0.2, 0) is 14.3 Å². The maximum atomic E-state index is 11.0. The average Bonchev–Trinajstić information content (AvgIpc) is 2.26. The molecule has 1 heterocycles. The number of carbonyl (C=O) groups excluding carboxylic acids is 1. The monoisotopic (exact) mass is 213 g/mol. The molecule has 0 bridgehead atoms. The maximum Gasteiger partial charge on any atom is 0.331 e. The van der Waals surface area contributed by atoms with Crippen LogP contribution in [0.2, 0.25) is 0 Å². The van der Waals surface area contributed by atoms with Gasteiger partial charge in [-0.3, -0.25) is 0 Å². The second-order valence-corrected chi connectivity index (χ2v) is 3.74. The van der Waals surface area contributed by atoms with Gasteiger partial charge >= 0.3 is 5.97 Å². The molecular weight excluding hydrogens is 194 g/mol. The van der Waals surface area contributed by atoms with Crippen LogP contribution in [0.1, 0.15) is 20.3 Å². The summed E-state index contributed by atoms with van der Waals surface area (Å²) in [6.45, 7) is 5.70. The fraction of sp³-hybridized carbons (Fsp3) is 0.727. The molecule has 0 saturated carbocycles. The van der Waals surface area contributed by atoms with E-state index in [0.717, 1.165) is 19.6 Å². The van der Waals surface area contributed by atoms with Crippen molar-refractivity contribution in [1.82, 2.24) is 4.90 Å². The number of esters is 1. The number of carbonyl (C=O) groups is 1. The first-order chi connectivity index (χ1) is 7.17. The van der Waals surface area contributed by atoms with Gasteiger partial charge in [-0.05, 0) is 13.3 Å². The third-order valence-corrected chi connectivity index (χ3v) is 2.58. The zero-order chi connectivity index (χ0) is 11.3. The van der Waals surface area contributed by atoms with Crippen molar-refractivity contribution >= 4 is 5.97 Å². The Labute approximate surface area is 90.8 Å². The van der Waals surface area contributed by atoms with Gasteiger partial charge in [-0.1, -0.05) is 6.92 Å². The third kappa shape index (κ3) is 3.55. The Kier molecular flexibility index (Phi) is 4.62. The van der Waals surface area contributed by atoms with Crippen LogP contribution in [0.5, 0.6) is 0 Å². The van der Waals surface area contributed by atoms with E-state index < -0.39 is 0 Å². The van der Waals surface area contributed by atoms with E-state index in [-0.39, 0.29) is 12.1 Å². The summed E-state index contributed by atoms with van der Waals surface area (Å²) >= 11 is 0. The molecule has 1 saturated heterocycles. The summed E-state index contributed by atoms with van der Waals surface area (Å²) in [5, 5.41) is 0. The summed E-state index contributed by atoms with van der Waals surface area (Å²) in [6, 6.07) is 0.363. The van der Waals surface area contributed by atoms with Gasteiger partial charge in [-0.15, -0.1) is 0 Å². The number of methoxy groups -OCH3 is 1. The van der Waals surface area contributed by atoms with Crippen molar-refractivity contribution in [3.05, 3.63) is 12.3 Å². The fourth-order valence-corrected chi connectivity index (χ4v) is 1.63. The first kappa shape index (κ1) is 12.0. The van der Waals surface area contributed by atoms with Crippen LogP contribution >= 0.6 is 0 Å². The van der Waals surface area contributed by atoms with Gasteiger partial charge in [0.05, 0.1) is 25.9 Å². The molecule has 0 aromatic heterocycles. The Morgan fingerprint density at radius 1 is 1.67 bits per heavy atom. The molecule has 0 amide bonds. The molecule has 0 aromatic carbocycles. The standard InChI is InChI=1S/C11H19NO3/c1-4-10-8-15-9(2)7-12(10)6-5-11(13)14-3/h5-6,9-10H,4,7-8H2,1-3H3. The van der Waals surface area contributed by atoms with Gasteiger partial charge in [0, 0.05) is 18.8 Å². The van der Waals surface area contributed by atoms with E-state index in [1.807, 2.05) is 6.92 Å². The van der Waals surface area contributed by atoms with Gasteiger partial charge in [0.15, 0.2) is 0 Å². The van der Waals surface area contributed by atoms with E-state index in [2.05, 4.69) is 16.6 Å². The van der Waals surface area contributed by atoms with Crippen LogP contribution in [0.15, 0.2) is 12.3 Å². The molecule has 15 heavy (non-hydrogen) atoms. The summed E-state index contributed by atoms with van der Waals surface area (Å²) in [5.74, 6) is -0.316. The Bertz CT molecular complexity index is 240. The van der Waals surface area contributed by atoms with Crippen molar-refractivity contribution in [2.45, 2.75) is 32.4 Å². The van der Waals surface area contributed by atoms with E-state index >= 15 is 0 Å². The molecular formula is C11H19NO3. The molecule has 4 nitrogen and oxygen atoms in total. The van der Waals surface area contributed by atoms with Crippen molar-refractivity contribution in [1.29, 1.82) is 0 Å². The van der Waals surface area contributed by atoms with Crippen molar-refractivity contribution in [3.63, 3.8) is 0 Å². The minimum absolute atomic E-state index is 0.218. The van der Waals surface area contributed by atoms with E-state index in [9.17, 15) is 4.79 Å². The van der Waals surface area contributed by atoms with Crippen molar-refractivity contribution in [3.8, 4) is 0 Å². The second-order valence-electron chi connectivity index (χ2n) is 3.74. The van der Waals surface area contributed by atoms with Crippen molar-refractivity contribution in [2.24, 2.45) is 0 Å².